The average Bonchev–Trinajstić information content (AvgIpc) is 0.911. The number of carbonyl (C=O) groups is 4. The van der Waals surface area contributed by atoms with E-state index in [-0.39, 0.29) is 25.7 Å². The predicted molar refractivity (Wildman–Crippen MR) is 423 cm³/mol. The number of hydrogen-bond donors (Lipinski definition) is 3. The summed E-state index contributed by atoms with van der Waals surface area (Å²) in [4.78, 5) is 73.1. The van der Waals surface area contributed by atoms with Gasteiger partial charge in [-0.3, -0.25) is 37.3 Å². The fourth-order valence-corrected chi connectivity index (χ4v) is 14.5. The van der Waals surface area contributed by atoms with Gasteiger partial charge >= 0.3 is 39.5 Å². The first-order valence-corrected chi connectivity index (χ1v) is 46.2. The van der Waals surface area contributed by atoms with Crippen molar-refractivity contribution in [1.29, 1.82) is 0 Å². The smallest absolute Gasteiger partial charge is 0.462 e. The minimum absolute atomic E-state index is 0.107. The lowest BCUT2D eigenvalue weighted by Crippen LogP contribution is -2.30. The maximum Gasteiger partial charge on any atom is 0.472 e. The van der Waals surface area contributed by atoms with Gasteiger partial charge in [0.25, 0.3) is 0 Å². The van der Waals surface area contributed by atoms with Gasteiger partial charge in [-0.05, 0) is 49.4 Å². The molecule has 0 saturated carbocycles. The molecule has 0 spiro atoms. The Hall–Kier alpha value is -1.94. The summed E-state index contributed by atoms with van der Waals surface area (Å²) in [6, 6.07) is 0. The number of rotatable bonds is 81. The molecule has 0 aliphatic rings. The Labute approximate surface area is 632 Å². The Balaban J connectivity index is 5.24. The number of unbranched alkanes of at least 4 members (excludes halogenated alkanes) is 47. The second-order valence-electron chi connectivity index (χ2n) is 32.1. The molecular formula is C84H164O17P2. The molecule has 19 heteroatoms. The highest BCUT2D eigenvalue weighted by Crippen LogP contribution is 2.45. The van der Waals surface area contributed by atoms with E-state index in [0.29, 0.717) is 31.6 Å². The number of esters is 4. The van der Waals surface area contributed by atoms with Gasteiger partial charge in [0.15, 0.2) is 12.2 Å². The third kappa shape index (κ3) is 78.0. The van der Waals surface area contributed by atoms with Crippen LogP contribution in [-0.4, -0.2) is 96.7 Å². The van der Waals surface area contributed by atoms with E-state index in [2.05, 4.69) is 55.4 Å². The van der Waals surface area contributed by atoms with Crippen molar-refractivity contribution < 1.29 is 80.2 Å². The predicted octanol–water partition coefficient (Wildman–Crippen LogP) is 25.2. The molecule has 0 rings (SSSR count). The summed E-state index contributed by atoms with van der Waals surface area (Å²) in [5.41, 5.74) is 0. The molecule has 0 bridgehead atoms. The Morgan fingerprint density at radius 1 is 0.243 bits per heavy atom. The fraction of sp³-hybridized carbons (Fsp3) is 0.952. The zero-order valence-electron chi connectivity index (χ0n) is 68.0. The molecule has 0 aliphatic carbocycles. The molecule has 0 aromatic rings. The lowest BCUT2D eigenvalue weighted by atomic mass is 10.0. The van der Waals surface area contributed by atoms with Crippen LogP contribution >= 0.6 is 15.6 Å². The first-order chi connectivity index (χ1) is 49.6. The normalized spacial score (nSPS) is 14.0. The van der Waals surface area contributed by atoms with Crippen molar-refractivity contribution >= 4 is 39.5 Å². The van der Waals surface area contributed by atoms with E-state index in [9.17, 15) is 43.2 Å². The molecule has 0 radical (unpaired) electrons. The van der Waals surface area contributed by atoms with Gasteiger partial charge in [0.2, 0.25) is 0 Å². The Kier molecular flexibility index (Phi) is 71.5. The highest BCUT2D eigenvalue weighted by molar-refractivity contribution is 7.47. The number of hydrogen-bond acceptors (Lipinski definition) is 15. The number of phosphoric acid groups is 2. The monoisotopic (exact) mass is 1510 g/mol. The highest BCUT2D eigenvalue weighted by atomic mass is 31.2. The van der Waals surface area contributed by atoms with Gasteiger partial charge < -0.3 is 33.8 Å². The summed E-state index contributed by atoms with van der Waals surface area (Å²) in [5, 5.41) is 10.7. The number of phosphoric ester groups is 2. The Bertz CT molecular complexity index is 2010. The summed E-state index contributed by atoms with van der Waals surface area (Å²) in [6.45, 7) is 14.3. The maximum atomic E-state index is 13.1. The lowest BCUT2D eigenvalue weighted by Gasteiger charge is -2.21. The Morgan fingerprint density at radius 2 is 0.408 bits per heavy atom. The molecular weight excluding hydrogens is 1340 g/mol. The molecule has 0 amide bonds. The average molecular weight is 1510 g/mol. The van der Waals surface area contributed by atoms with Crippen molar-refractivity contribution in [2.24, 2.45) is 23.7 Å². The largest absolute Gasteiger partial charge is 0.472 e. The van der Waals surface area contributed by atoms with Crippen molar-refractivity contribution in [2.75, 3.05) is 39.6 Å². The first-order valence-electron chi connectivity index (χ1n) is 43.2. The second-order valence-corrected chi connectivity index (χ2v) is 35.0. The summed E-state index contributed by atoms with van der Waals surface area (Å²) in [5.74, 6) is 0.999. The van der Waals surface area contributed by atoms with Crippen LogP contribution in [0.2, 0.25) is 0 Å². The minimum atomic E-state index is -4.96. The molecule has 0 aromatic heterocycles. The van der Waals surface area contributed by atoms with Gasteiger partial charge in [0, 0.05) is 25.7 Å². The van der Waals surface area contributed by atoms with Gasteiger partial charge in [0.1, 0.15) is 19.3 Å². The van der Waals surface area contributed by atoms with Crippen molar-refractivity contribution in [1.82, 2.24) is 0 Å². The van der Waals surface area contributed by atoms with Crippen molar-refractivity contribution in [2.45, 2.75) is 453 Å². The number of carbonyl (C=O) groups excluding carboxylic acids is 4. The number of aliphatic hydroxyl groups is 1. The van der Waals surface area contributed by atoms with Crippen LogP contribution in [0, 0.1) is 23.7 Å². The van der Waals surface area contributed by atoms with Gasteiger partial charge in [-0.2, -0.15) is 0 Å². The minimum Gasteiger partial charge on any atom is -0.462 e. The topological polar surface area (TPSA) is 237 Å². The van der Waals surface area contributed by atoms with E-state index >= 15 is 0 Å². The first kappa shape index (κ1) is 101. The van der Waals surface area contributed by atoms with Crippen LogP contribution in [0.15, 0.2) is 0 Å². The van der Waals surface area contributed by atoms with Crippen molar-refractivity contribution in [3.63, 3.8) is 0 Å². The Morgan fingerprint density at radius 3 is 0.602 bits per heavy atom. The maximum absolute atomic E-state index is 13.1. The molecule has 3 unspecified atom stereocenters. The van der Waals surface area contributed by atoms with Crippen LogP contribution < -0.4 is 0 Å². The molecule has 0 heterocycles. The third-order valence-corrected chi connectivity index (χ3v) is 21.5. The van der Waals surface area contributed by atoms with E-state index < -0.39 is 97.5 Å². The van der Waals surface area contributed by atoms with Crippen LogP contribution in [0.4, 0.5) is 0 Å². The lowest BCUT2D eigenvalue weighted by molar-refractivity contribution is -0.161. The standard InChI is InChI=1S/C84H164O17P2/c1-74(2)60-52-44-36-29-23-17-11-9-13-20-26-32-40-48-56-64-81(86)94-70-79(100-83(88)67-59-51-42-34-28-22-16-15-19-25-31-38-46-54-62-76(5)6)72-98-102(90,91)96-68-78(85)69-97-103(92,93)99-73-80(71-95-82(87)65-57-49-43-35-39-47-55-63-77(7)8)101-84(89)66-58-50-41-33-27-21-14-10-12-18-24-30-37-45-53-61-75(3)4/h74-80,85H,9-73H2,1-8H3,(H,90,91)(H,92,93)/t78?,79-,80-/m1/s1. The summed E-state index contributed by atoms with van der Waals surface area (Å²) in [7, 11) is -9.93. The molecule has 0 aliphatic heterocycles. The van der Waals surface area contributed by atoms with Gasteiger partial charge in [-0.15, -0.1) is 0 Å². The molecule has 0 fully saturated rings. The third-order valence-electron chi connectivity index (χ3n) is 19.6. The molecule has 612 valence electrons. The van der Waals surface area contributed by atoms with E-state index in [0.717, 1.165) is 114 Å². The molecule has 5 atom stereocenters. The highest BCUT2D eigenvalue weighted by Gasteiger charge is 2.30. The zero-order chi connectivity index (χ0) is 76.0. The second kappa shape index (κ2) is 72.9. The number of ether oxygens (including phenoxy) is 4. The van der Waals surface area contributed by atoms with Crippen LogP contribution in [0.25, 0.3) is 0 Å². The van der Waals surface area contributed by atoms with Crippen LogP contribution in [0.3, 0.4) is 0 Å². The summed E-state index contributed by atoms with van der Waals surface area (Å²) in [6.07, 6.45) is 61.1. The van der Waals surface area contributed by atoms with E-state index in [1.807, 2.05) is 0 Å². The molecule has 17 nitrogen and oxygen atoms in total. The summed E-state index contributed by atoms with van der Waals surface area (Å²) < 4.78 is 68.8. The quantitative estimate of drug-likeness (QED) is 0.0222. The van der Waals surface area contributed by atoms with Crippen molar-refractivity contribution in [3.05, 3.63) is 0 Å². The molecule has 0 aromatic carbocycles. The fourth-order valence-electron chi connectivity index (χ4n) is 13.0. The molecule has 103 heavy (non-hydrogen) atoms. The van der Waals surface area contributed by atoms with E-state index in [1.54, 1.807) is 0 Å². The molecule has 3 N–H and O–H groups in total. The summed E-state index contributed by atoms with van der Waals surface area (Å²) >= 11 is 0. The van der Waals surface area contributed by atoms with Crippen LogP contribution in [0.1, 0.15) is 434 Å². The SMILES string of the molecule is CC(C)CCCCCCCCCCCCCCCCCC(=O)OC[C@H](COP(=O)(O)OCC(O)COP(=O)(O)OC[C@@H](COC(=O)CCCCCCCCCC(C)C)OC(=O)CCCCCCCCCCCCCCCCCC(C)C)OC(=O)CCCCCCCCCCCCCCCCC(C)C. The number of aliphatic hydroxyl groups excluding tert-OH is 1. The zero-order valence-corrected chi connectivity index (χ0v) is 69.7. The van der Waals surface area contributed by atoms with Crippen molar-refractivity contribution in [3.8, 4) is 0 Å². The van der Waals surface area contributed by atoms with Gasteiger partial charge in [-0.1, -0.05) is 383 Å². The van der Waals surface area contributed by atoms with Gasteiger partial charge in [-0.25, -0.2) is 9.13 Å². The van der Waals surface area contributed by atoms with E-state index in [4.69, 9.17) is 37.0 Å². The van der Waals surface area contributed by atoms with E-state index in [1.165, 1.54) is 231 Å². The van der Waals surface area contributed by atoms with Gasteiger partial charge in [0.05, 0.1) is 26.4 Å². The van der Waals surface area contributed by atoms with Crippen LogP contribution in [-0.2, 0) is 65.4 Å². The molecule has 0 saturated heterocycles. The van der Waals surface area contributed by atoms with Crippen LogP contribution in [0.5, 0.6) is 0 Å².